The van der Waals surface area contributed by atoms with Gasteiger partial charge in [0.15, 0.2) is 6.10 Å². The molecule has 0 spiro atoms. The lowest BCUT2D eigenvalue weighted by molar-refractivity contribution is -0.151. The molecule has 0 aromatic carbocycles. The summed E-state index contributed by atoms with van der Waals surface area (Å²) in [5.41, 5.74) is 1.65. The fourth-order valence-electron chi connectivity index (χ4n) is 2.00. The fraction of sp³-hybridized carbons (Fsp3) is 0.462. The topological polar surface area (TPSA) is 88.5 Å². The summed E-state index contributed by atoms with van der Waals surface area (Å²) in [4.78, 5) is 26.8. The number of carboxylic acids is 1. The molecule has 1 fully saturated rings. The first-order valence-corrected chi connectivity index (χ1v) is 6.15. The summed E-state index contributed by atoms with van der Waals surface area (Å²) in [6, 6.07) is 5.57. The van der Waals surface area contributed by atoms with Crippen molar-refractivity contribution in [3.05, 3.63) is 29.6 Å². The minimum atomic E-state index is -1.02. The standard InChI is InChI=1S/C13H16N2O4/c1-8-3-2-4-9(15-8)7-14-12(16)10-5-6-11(19-10)13(17)18/h2-4,10-11H,5-7H2,1H3,(H,14,16)(H,17,18)/t10-,11+/m0/s1. The summed E-state index contributed by atoms with van der Waals surface area (Å²) < 4.78 is 5.16. The van der Waals surface area contributed by atoms with E-state index in [9.17, 15) is 9.59 Å². The Bertz CT molecular complexity index is 489. The molecule has 2 atom stereocenters. The van der Waals surface area contributed by atoms with Gasteiger partial charge in [0.05, 0.1) is 12.2 Å². The zero-order valence-corrected chi connectivity index (χ0v) is 10.6. The molecule has 0 radical (unpaired) electrons. The number of aryl methyl sites for hydroxylation is 1. The minimum Gasteiger partial charge on any atom is -0.479 e. The number of hydrogen-bond acceptors (Lipinski definition) is 4. The van der Waals surface area contributed by atoms with Gasteiger partial charge in [0, 0.05) is 5.69 Å². The lowest BCUT2D eigenvalue weighted by Crippen LogP contribution is -2.35. The molecular weight excluding hydrogens is 248 g/mol. The second-order valence-corrected chi connectivity index (χ2v) is 4.52. The van der Waals surface area contributed by atoms with Crippen molar-refractivity contribution in [3.63, 3.8) is 0 Å². The highest BCUT2D eigenvalue weighted by Gasteiger charge is 2.34. The molecule has 6 nitrogen and oxygen atoms in total. The largest absolute Gasteiger partial charge is 0.479 e. The summed E-state index contributed by atoms with van der Waals surface area (Å²) in [5.74, 6) is -1.30. The van der Waals surface area contributed by atoms with Crippen LogP contribution in [0.2, 0.25) is 0 Å². The maximum Gasteiger partial charge on any atom is 0.332 e. The van der Waals surface area contributed by atoms with Crippen molar-refractivity contribution in [3.8, 4) is 0 Å². The SMILES string of the molecule is Cc1cccc(CNC(=O)[C@@H]2CC[C@H](C(=O)O)O2)n1. The third kappa shape index (κ3) is 3.51. The van der Waals surface area contributed by atoms with Crippen molar-refractivity contribution in [1.29, 1.82) is 0 Å². The van der Waals surface area contributed by atoms with Crippen LogP contribution >= 0.6 is 0 Å². The van der Waals surface area contributed by atoms with E-state index in [1.54, 1.807) is 0 Å². The number of aromatic nitrogens is 1. The van der Waals surface area contributed by atoms with E-state index in [1.807, 2.05) is 25.1 Å². The predicted molar refractivity (Wildman–Crippen MR) is 66.4 cm³/mol. The monoisotopic (exact) mass is 264 g/mol. The van der Waals surface area contributed by atoms with E-state index in [0.717, 1.165) is 11.4 Å². The summed E-state index contributed by atoms with van der Waals surface area (Å²) in [6.45, 7) is 2.20. The summed E-state index contributed by atoms with van der Waals surface area (Å²) in [6.07, 6.45) is -0.737. The van der Waals surface area contributed by atoms with E-state index < -0.39 is 18.2 Å². The lowest BCUT2D eigenvalue weighted by Gasteiger charge is -2.11. The van der Waals surface area contributed by atoms with E-state index in [4.69, 9.17) is 9.84 Å². The lowest BCUT2D eigenvalue weighted by atomic mass is 10.2. The molecule has 1 saturated heterocycles. The van der Waals surface area contributed by atoms with Gasteiger partial charge in [-0.1, -0.05) is 6.07 Å². The van der Waals surface area contributed by atoms with Crippen LogP contribution in [-0.4, -0.2) is 34.2 Å². The quantitative estimate of drug-likeness (QED) is 0.833. The van der Waals surface area contributed by atoms with Crippen LogP contribution in [0.3, 0.4) is 0 Å². The van der Waals surface area contributed by atoms with E-state index in [1.165, 1.54) is 0 Å². The Morgan fingerprint density at radius 2 is 2.16 bits per heavy atom. The van der Waals surface area contributed by atoms with Crippen LogP contribution in [0.15, 0.2) is 18.2 Å². The highest BCUT2D eigenvalue weighted by molar-refractivity contribution is 5.82. The first-order valence-electron chi connectivity index (χ1n) is 6.15. The molecule has 0 bridgehead atoms. The smallest absolute Gasteiger partial charge is 0.332 e. The van der Waals surface area contributed by atoms with Crippen LogP contribution in [0.1, 0.15) is 24.2 Å². The molecule has 19 heavy (non-hydrogen) atoms. The molecule has 0 aliphatic carbocycles. The van der Waals surface area contributed by atoms with Crippen molar-refractivity contribution in [2.45, 2.75) is 38.5 Å². The number of pyridine rings is 1. The molecule has 6 heteroatoms. The van der Waals surface area contributed by atoms with Gasteiger partial charge in [-0.15, -0.1) is 0 Å². The number of carbonyl (C=O) groups excluding carboxylic acids is 1. The maximum atomic E-state index is 11.8. The number of aliphatic carboxylic acids is 1. The maximum absolute atomic E-state index is 11.8. The van der Waals surface area contributed by atoms with Gasteiger partial charge in [-0.05, 0) is 31.9 Å². The van der Waals surface area contributed by atoms with Crippen molar-refractivity contribution < 1.29 is 19.4 Å². The molecule has 2 heterocycles. The summed E-state index contributed by atoms with van der Waals surface area (Å²) in [7, 11) is 0. The number of carbonyl (C=O) groups is 2. The summed E-state index contributed by atoms with van der Waals surface area (Å²) >= 11 is 0. The number of amides is 1. The number of carboxylic acid groups (broad SMARTS) is 1. The fourth-order valence-corrected chi connectivity index (χ4v) is 2.00. The Kier molecular flexibility index (Phi) is 4.11. The predicted octanol–water partition coefficient (Wildman–Crippen LogP) is 0.638. The van der Waals surface area contributed by atoms with Crippen molar-refractivity contribution in [2.24, 2.45) is 0 Å². The minimum absolute atomic E-state index is 0.285. The number of nitrogens with zero attached hydrogens (tertiary/aromatic N) is 1. The van der Waals surface area contributed by atoms with Gasteiger partial charge >= 0.3 is 5.97 Å². The van der Waals surface area contributed by atoms with Crippen molar-refractivity contribution >= 4 is 11.9 Å². The molecule has 2 rings (SSSR count). The normalized spacial score (nSPS) is 22.2. The Morgan fingerprint density at radius 1 is 1.42 bits per heavy atom. The van der Waals surface area contributed by atoms with E-state index in [0.29, 0.717) is 19.4 Å². The van der Waals surface area contributed by atoms with Gasteiger partial charge in [0.2, 0.25) is 5.91 Å². The van der Waals surface area contributed by atoms with E-state index in [2.05, 4.69) is 10.3 Å². The van der Waals surface area contributed by atoms with Crippen LogP contribution in [0.5, 0.6) is 0 Å². The van der Waals surface area contributed by atoms with Crippen molar-refractivity contribution in [2.75, 3.05) is 0 Å². The molecule has 0 unspecified atom stereocenters. The second-order valence-electron chi connectivity index (χ2n) is 4.52. The molecule has 1 aromatic rings. The third-order valence-corrected chi connectivity index (χ3v) is 2.98. The molecule has 2 N–H and O–H groups in total. The highest BCUT2D eigenvalue weighted by Crippen LogP contribution is 2.19. The van der Waals surface area contributed by atoms with Gasteiger partial charge in [0.1, 0.15) is 6.10 Å². The van der Waals surface area contributed by atoms with Crippen LogP contribution in [0.4, 0.5) is 0 Å². The van der Waals surface area contributed by atoms with E-state index >= 15 is 0 Å². The van der Waals surface area contributed by atoms with Crippen LogP contribution < -0.4 is 5.32 Å². The first-order chi connectivity index (χ1) is 9.06. The Labute approximate surface area is 110 Å². The Balaban J connectivity index is 1.84. The Morgan fingerprint density at radius 3 is 2.79 bits per heavy atom. The van der Waals surface area contributed by atoms with Gasteiger partial charge < -0.3 is 15.2 Å². The number of hydrogen-bond donors (Lipinski definition) is 2. The molecule has 102 valence electrons. The molecule has 0 saturated carbocycles. The zero-order chi connectivity index (χ0) is 13.8. The molecular formula is C13H16N2O4. The van der Waals surface area contributed by atoms with Crippen LogP contribution in [0, 0.1) is 6.92 Å². The molecule has 1 aliphatic heterocycles. The average molecular weight is 264 g/mol. The average Bonchev–Trinajstić information content (AvgIpc) is 2.86. The van der Waals surface area contributed by atoms with Gasteiger partial charge in [-0.3, -0.25) is 9.78 Å². The van der Waals surface area contributed by atoms with Crippen molar-refractivity contribution in [1.82, 2.24) is 10.3 Å². The van der Waals surface area contributed by atoms with Crippen LogP contribution in [-0.2, 0) is 20.9 Å². The number of rotatable bonds is 4. The van der Waals surface area contributed by atoms with Gasteiger partial charge in [0.25, 0.3) is 0 Å². The second kappa shape index (κ2) is 5.79. The highest BCUT2D eigenvalue weighted by atomic mass is 16.5. The van der Waals surface area contributed by atoms with Crippen LogP contribution in [0.25, 0.3) is 0 Å². The molecule has 1 amide bonds. The number of nitrogens with one attached hydrogen (secondary N) is 1. The number of ether oxygens (including phenoxy) is 1. The molecule has 1 aromatic heterocycles. The van der Waals surface area contributed by atoms with Gasteiger partial charge in [-0.25, -0.2) is 4.79 Å². The summed E-state index contributed by atoms with van der Waals surface area (Å²) in [5, 5.41) is 11.5. The molecule has 1 aliphatic rings. The Hall–Kier alpha value is -1.95. The third-order valence-electron chi connectivity index (χ3n) is 2.98. The van der Waals surface area contributed by atoms with E-state index in [-0.39, 0.29) is 5.91 Å². The zero-order valence-electron chi connectivity index (χ0n) is 10.6. The van der Waals surface area contributed by atoms with Gasteiger partial charge in [-0.2, -0.15) is 0 Å². The first kappa shape index (κ1) is 13.5.